The lowest BCUT2D eigenvalue weighted by Crippen LogP contribution is -2.16. The summed E-state index contributed by atoms with van der Waals surface area (Å²) in [6.45, 7) is 0.643. The first kappa shape index (κ1) is 10.7. The lowest BCUT2D eigenvalue weighted by molar-refractivity contribution is 0.153. The highest BCUT2D eigenvalue weighted by molar-refractivity contribution is 6.33. The van der Waals surface area contributed by atoms with Crippen molar-refractivity contribution in [1.29, 1.82) is 0 Å². The molecule has 0 aliphatic heterocycles. The molecule has 0 saturated carbocycles. The maximum absolute atomic E-state index is 10.4. The second-order valence-corrected chi connectivity index (χ2v) is 3.43. The van der Waals surface area contributed by atoms with E-state index in [1.54, 1.807) is 10.8 Å². The van der Waals surface area contributed by atoms with Crippen LogP contribution in [-0.2, 0) is 11.3 Å². The van der Waals surface area contributed by atoms with E-state index in [0.717, 1.165) is 11.0 Å². The number of ether oxygens (including phenoxy) is 1. The van der Waals surface area contributed by atoms with Crippen LogP contribution in [0, 0.1) is 0 Å². The van der Waals surface area contributed by atoms with Crippen LogP contribution in [0.15, 0.2) is 18.6 Å². The predicted octanol–water partition coefficient (Wildman–Crippen LogP) is 1.18. The number of carbonyl (C=O) groups is 1. The fourth-order valence-corrected chi connectivity index (χ4v) is 1.67. The second kappa shape index (κ2) is 4.36. The van der Waals surface area contributed by atoms with Gasteiger partial charge in [-0.25, -0.2) is 14.8 Å². The van der Waals surface area contributed by atoms with Gasteiger partial charge in [0, 0.05) is 6.20 Å². The number of hydrogen-bond donors (Lipinski definition) is 1. The smallest absolute Gasteiger partial charge is 0.404 e. The molecule has 2 aromatic rings. The van der Waals surface area contributed by atoms with Crippen LogP contribution < -0.4 is 5.73 Å². The summed E-state index contributed by atoms with van der Waals surface area (Å²) in [5.41, 5.74) is 6.32. The van der Waals surface area contributed by atoms with Crippen molar-refractivity contribution in [3.63, 3.8) is 0 Å². The van der Waals surface area contributed by atoms with E-state index in [-0.39, 0.29) is 6.61 Å². The van der Waals surface area contributed by atoms with Gasteiger partial charge in [0.05, 0.1) is 12.1 Å². The third-order valence-corrected chi connectivity index (χ3v) is 2.36. The number of rotatable bonds is 3. The molecule has 6 nitrogen and oxygen atoms in total. The van der Waals surface area contributed by atoms with E-state index in [2.05, 4.69) is 14.7 Å². The Kier molecular flexibility index (Phi) is 2.91. The molecule has 0 aliphatic carbocycles. The zero-order chi connectivity index (χ0) is 11.5. The molecule has 0 fully saturated rings. The Morgan fingerprint density at radius 1 is 1.56 bits per heavy atom. The van der Waals surface area contributed by atoms with Gasteiger partial charge in [-0.3, -0.25) is 0 Å². The van der Waals surface area contributed by atoms with Crippen molar-refractivity contribution in [1.82, 2.24) is 14.5 Å². The van der Waals surface area contributed by atoms with E-state index in [9.17, 15) is 4.79 Å². The first-order valence-corrected chi connectivity index (χ1v) is 4.94. The van der Waals surface area contributed by atoms with Crippen LogP contribution in [0.2, 0.25) is 5.15 Å². The number of amides is 1. The molecule has 1 amide bonds. The highest BCUT2D eigenvalue weighted by Gasteiger charge is 2.07. The molecule has 84 valence electrons. The third kappa shape index (κ3) is 2.06. The Bertz CT molecular complexity index is 525. The van der Waals surface area contributed by atoms with Gasteiger partial charge in [-0.1, -0.05) is 11.6 Å². The molecule has 0 spiro atoms. The van der Waals surface area contributed by atoms with Crippen molar-refractivity contribution in [2.45, 2.75) is 6.54 Å². The molecule has 0 aromatic carbocycles. The van der Waals surface area contributed by atoms with Crippen LogP contribution in [0.5, 0.6) is 0 Å². The SMILES string of the molecule is NC(=O)OCCn1ccc2ncnc(Cl)c21. The van der Waals surface area contributed by atoms with Crippen LogP contribution in [0.4, 0.5) is 4.79 Å². The number of aromatic nitrogens is 3. The number of nitrogens with two attached hydrogens (primary N) is 1. The van der Waals surface area contributed by atoms with Gasteiger partial charge >= 0.3 is 6.09 Å². The minimum Gasteiger partial charge on any atom is -0.448 e. The van der Waals surface area contributed by atoms with Crippen molar-refractivity contribution in [3.8, 4) is 0 Å². The zero-order valence-corrected chi connectivity index (χ0v) is 9.02. The number of primary amides is 1. The van der Waals surface area contributed by atoms with E-state index in [4.69, 9.17) is 17.3 Å². The Morgan fingerprint density at radius 2 is 2.38 bits per heavy atom. The van der Waals surface area contributed by atoms with Gasteiger partial charge in [0.25, 0.3) is 0 Å². The van der Waals surface area contributed by atoms with Crippen LogP contribution >= 0.6 is 11.6 Å². The number of nitrogens with zero attached hydrogens (tertiary/aromatic N) is 3. The van der Waals surface area contributed by atoms with Crippen LogP contribution in [0.1, 0.15) is 0 Å². The molecule has 16 heavy (non-hydrogen) atoms. The van der Waals surface area contributed by atoms with Gasteiger partial charge in [-0.2, -0.15) is 0 Å². The average molecular weight is 241 g/mol. The summed E-state index contributed by atoms with van der Waals surface area (Å²) < 4.78 is 6.44. The van der Waals surface area contributed by atoms with E-state index in [1.165, 1.54) is 6.33 Å². The van der Waals surface area contributed by atoms with Gasteiger partial charge in [-0.15, -0.1) is 0 Å². The molecule has 7 heteroatoms. The van der Waals surface area contributed by atoms with E-state index in [1.807, 2.05) is 6.07 Å². The molecule has 2 N–H and O–H groups in total. The third-order valence-electron chi connectivity index (χ3n) is 2.08. The summed E-state index contributed by atoms with van der Waals surface area (Å²) in [6.07, 6.45) is 2.41. The summed E-state index contributed by atoms with van der Waals surface area (Å²) in [5.74, 6) is 0. The first-order valence-electron chi connectivity index (χ1n) is 4.56. The van der Waals surface area contributed by atoms with Crippen molar-refractivity contribution < 1.29 is 9.53 Å². The highest BCUT2D eigenvalue weighted by atomic mass is 35.5. The van der Waals surface area contributed by atoms with Crippen LogP contribution in [0.3, 0.4) is 0 Å². The highest BCUT2D eigenvalue weighted by Crippen LogP contribution is 2.19. The van der Waals surface area contributed by atoms with Crippen LogP contribution in [-0.4, -0.2) is 27.2 Å². The van der Waals surface area contributed by atoms with Crippen LogP contribution in [0.25, 0.3) is 11.0 Å². The molecule has 0 aliphatic rings. The summed E-state index contributed by atoms with van der Waals surface area (Å²) in [6, 6.07) is 1.81. The summed E-state index contributed by atoms with van der Waals surface area (Å²) in [7, 11) is 0. The Hall–Kier alpha value is -1.82. The molecule has 0 atom stereocenters. The summed E-state index contributed by atoms with van der Waals surface area (Å²) in [5, 5.41) is 0.370. The fraction of sp³-hybridized carbons (Fsp3) is 0.222. The van der Waals surface area contributed by atoms with E-state index >= 15 is 0 Å². The molecule has 0 saturated heterocycles. The maximum Gasteiger partial charge on any atom is 0.404 e. The molecular formula is C9H9ClN4O2. The van der Waals surface area contributed by atoms with Crippen molar-refractivity contribution in [2.75, 3.05) is 6.61 Å². The molecule has 0 unspecified atom stereocenters. The van der Waals surface area contributed by atoms with Crippen molar-refractivity contribution in [3.05, 3.63) is 23.7 Å². The van der Waals surface area contributed by atoms with Gasteiger partial charge in [-0.05, 0) is 6.07 Å². The first-order chi connectivity index (χ1) is 7.68. The minimum atomic E-state index is -0.793. The topological polar surface area (TPSA) is 83.0 Å². The largest absolute Gasteiger partial charge is 0.448 e. The Labute approximate surface area is 96.0 Å². The Morgan fingerprint density at radius 3 is 3.12 bits per heavy atom. The molecule has 2 rings (SSSR count). The maximum atomic E-state index is 10.4. The number of fused-ring (bicyclic) bond motifs is 1. The van der Waals surface area contributed by atoms with Gasteiger partial charge < -0.3 is 15.0 Å². The van der Waals surface area contributed by atoms with E-state index < -0.39 is 6.09 Å². The Balaban J connectivity index is 2.21. The molecule has 2 heterocycles. The van der Waals surface area contributed by atoms with Crippen molar-refractivity contribution >= 4 is 28.7 Å². The molecular weight excluding hydrogens is 232 g/mol. The van der Waals surface area contributed by atoms with Crippen molar-refractivity contribution in [2.24, 2.45) is 5.73 Å². The number of halogens is 1. The summed E-state index contributed by atoms with van der Waals surface area (Å²) in [4.78, 5) is 18.3. The predicted molar refractivity (Wildman–Crippen MR) is 58.1 cm³/mol. The monoisotopic (exact) mass is 240 g/mol. The number of carbonyl (C=O) groups excluding carboxylic acids is 1. The number of hydrogen-bond acceptors (Lipinski definition) is 4. The standard InChI is InChI=1S/C9H9ClN4O2/c10-8-7-6(12-5-13-8)1-2-14(7)3-4-16-9(11)15/h1-2,5H,3-4H2,(H2,11,15). The minimum absolute atomic E-state index is 0.185. The molecule has 0 bridgehead atoms. The van der Waals surface area contributed by atoms with Gasteiger partial charge in [0.15, 0.2) is 5.15 Å². The summed E-state index contributed by atoms with van der Waals surface area (Å²) >= 11 is 5.94. The molecule has 2 aromatic heterocycles. The van der Waals surface area contributed by atoms with Gasteiger partial charge in [0.2, 0.25) is 0 Å². The zero-order valence-electron chi connectivity index (χ0n) is 8.26. The second-order valence-electron chi connectivity index (χ2n) is 3.07. The average Bonchev–Trinajstić information content (AvgIpc) is 2.62. The molecule has 0 radical (unpaired) electrons. The lowest BCUT2D eigenvalue weighted by atomic mass is 10.4. The fourth-order valence-electron chi connectivity index (χ4n) is 1.42. The van der Waals surface area contributed by atoms with Gasteiger partial charge in [0.1, 0.15) is 18.5 Å². The quantitative estimate of drug-likeness (QED) is 0.817. The normalized spacial score (nSPS) is 10.6. The van der Waals surface area contributed by atoms with E-state index in [0.29, 0.717) is 11.7 Å². The lowest BCUT2D eigenvalue weighted by Gasteiger charge is -2.05.